The standard InChI is InChI=1S/C9H18O3/c1-5(2)9-6(3)8(11)7(4-10)12-9/h5-11H,4H2,1-3H3/t6-,7+,8?,9-/m0/s1. The average molecular weight is 174 g/mol. The van der Waals surface area contributed by atoms with E-state index in [1.165, 1.54) is 0 Å². The molecule has 1 unspecified atom stereocenters. The summed E-state index contributed by atoms with van der Waals surface area (Å²) < 4.78 is 5.50. The second-order valence-electron chi connectivity index (χ2n) is 3.92. The summed E-state index contributed by atoms with van der Waals surface area (Å²) in [4.78, 5) is 0. The Morgan fingerprint density at radius 1 is 1.42 bits per heavy atom. The van der Waals surface area contributed by atoms with Crippen molar-refractivity contribution in [1.82, 2.24) is 0 Å². The maximum absolute atomic E-state index is 9.59. The van der Waals surface area contributed by atoms with Crippen molar-refractivity contribution < 1.29 is 14.9 Å². The summed E-state index contributed by atoms with van der Waals surface area (Å²) in [6.07, 6.45) is -0.813. The van der Waals surface area contributed by atoms with Gasteiger partial charge in [0.25, 0.3) is 0 Å². The first-order valence-corrected chi connectivity index (χ1v) is 4.52. The van der Waals surface area contributed by atoms with Gasteiger partial charge >= 0.3 is 0 Å². The summed E-state index contributed by atoms with van der Waals surface area (Å²) in [5, 5.41) is 18.5. The molecule has 2 N–H and O–H groups in total. The molecule has 1 saturated heterocycles. The lowest BCUT2D eigenvalue weighted by molar-refractivity contribution is -0.0341. The largest absolute Gasteiger partial charge is 0.394 e. The normalized spacial score (nSPS) is 42.5. The van der Waals surface area contributed by atoms with E-state index >= 15 is 0 Å². The molecule has 0 bridgehead atoms. The van der Waals surface area contributed by atoms with Crippen molar-refractivity contribution in [2.24, 2.45) is 11.8 Å². The predicted molar refractivity (Wildman–Crippen MR) is 45.8 cm³/mol. The minimum absolute atomic E-state index is 0.0807. The van der Waals surface area contributed by atoms with Gasteiger partial charge in [-0.3, -0.25) is 0 Å². The van der Waals surface area contributed by atoms with E-state index in [2.05, 4.69) is 13.8 Å². The van der Waals surface area contributed by atoms with Gasteiger partial charge in [-0.2, -0.15) is 0 Å². The Labute approximate surface area is 73.4 Å². The molecule has 3 heteroatoms. The van der Waals surface area contributed by atoms with E-state index in [0.717, 1.165) is 0 Å². The van der Waals surface area contributed by atoms with Gasteiger partial charge in [0, 0.05) is 5.92 Å². The SMILES string of the molecule is CC(C)[C@@H]1O[C@H](CO)C(O)[C@@H]1C. The second kappa shape index (κ2) is 3.73. The van der Waals surface area contributed by atoms with E-state index in [9.17, 15) is 5.11 Å². The molecule has 0 aliphatic carbocycles. The summed E-state index contributed by atoms with van der Waals surface area (Å²) in [5.41, 5.74) is 0. The molecule has 4 atom stereocenters. The first-order chi connectivity index (χ1) is 5.57. The van der Waals surface area contributed by atoms with Gasteiger partial charge in [0.05, 0.1) is 18.8 Å². The molecule has 0 aromatic carbocycles. The highest BCUT2D eigenvalue weighted by atomic mass is 16.5. The molecule has 1 fully saturated rings. The van der Waals surface area contributed by atoms with Crippen LogP contribution in [-0.4, -0.2) is 35.1 Å². The van der Waals surface area contributed by atoms with Crippen molar-refractivity contribution in [2.75, 3.05) is 6.61 Å². The third-order valence-corrected chi connectivity index (χ3v) is 2.61. The Morgan fingerprint density at radius 2 is 2.00 bits per heavy atom. The number of ether oxygens (including phenoxy) is 1. The summed E-state index contributed by atoms with van der Waals surface area (Å²) in [5.74, 6) is 0.522. The van der Waals surface area contributed by atoms with E-state index in [1.54, 1.807) is 0 Å². The first-order valence-electron chi connectivity index (χ1n) is 4.52. The van der Waals surface area contributed by atoms with Crippen molar-refractivity contribution in [2.45, 2.75) is 39.1 Å². The van der Waals surface area contributed by atoms with Gasteiger partial charge in [-0.25, -0.2) is 0 Å². The highest BCUT2D eigenvalue weighted by Gasteiger charge is 2.41. The first kappa shape index (κ1) is 9.96. The third kappa shape index (κ3) is 1.63. The smallest absolute Gasteiger partial charge is 0.107 e. The molecule has 1 rings (SSSR count). The van der Waals surface area contributed by atoms with Crippen molar-refractivity contribution in [3.05, 3.63) is 0 Å². The fourth-order valence-corrected chi connectivity index (χ4v) is 1.85. The molecule has 0 saturated carbocycles. The monoisotopic (exact) mass is 174 g/mol. The summed E-state index contributed by atoms with van der Waals surface area (Å²) in [6, 6.07) is 0. The second-order valence-corrected chi connectivity index (χ2v) is 3.92. The highest BCUT2D eigenvalue weighted by molar-refractivity contribution is 4.88. The van der Waals surface area contributed by atoms with Gasteiger partial charge in [-0.1, -0.05) is 20.8 Å². The number of aliphatic hydroxyl groups excluding tert-OH is 2. The minimum Gasteiger partial charge on any atom is -0.394 e. The van der Waals surface area contributed by atoms with Crippen LogP contribution < -0.4 is 0 Å². The molecule has 1 heterocycles. The van der Waals surface area contributed by atoms with E-state index in [4.69, 9.17) is 9.84 Å². The molecule has 0 spiro atoms. The lowest BCUT2D eigenvalue weighted by Crippen LogP contribution is -2.28. The van der Waals surface area contributed by atoms with Crippen LogP contribution in [0.1, 0.15) is 20.8 Å². The fraction of sp³-hybridized carbons (Fsp3) is 1.00. The number of aliphatic hydroxyl groups is 2. The van der Waals surface area contributed by atoms with Gasteiger partial charge in [-0.05, 0) is 5.92 Å². The maximum atomic E-state index is 9.59. The summed E-state index contributed by atoms with van der Waals surface area (Å²) in [7, 11) is 0. The molecule has 3 nitrogen and oxygen atoms in total. The van der Waals surface area contributed by atoms with E-state index in [0.29, 0.717) is 5.92 Å². The molecule has 1 aliphatic heterocycles. The van der Waals surface area contributed by atoms with Crippen molar-refractivity contribution >= 4 is 0 Å². The average Bonchev–Trinajstić information content (AvgIpc) is 2.30. The van der Waals surface area contributed by atoms with Crippen LogP contribution in [0, 0.1) is 11.8 Å². The number of hydrogen-bond acceptors (Lipinski definition) is 3. The maximum Gasteiger partial charge on any atom is 0.107 e. The number of rotatable bonds is 2. The van der Waals surface area contributed by atoms with Crippen molar-refractivity contribution in [1.29, 1.82) is 0 Å². The van der Waals surface area contributed by atoms with Gasteiger partial charge in [0.2, 0.25) is 0 Å². The molecule has 0 aromatic rings. The Kier molecular flexibility index (Phi) is 3.09. The van der Waals surface area contributed by atoms with E-state index in [-0.39, 0.29) is 24.7 Å². The Hall–Kier alpha value is -0.120. The molecule has 72 valence electrons. The van der Waals surface area contributed by atoms with Crippen LogP contribution in [0.3, 0.4) is 0 Å². The lowest BCUT2D eigenvalue weighted by atomic mass is 9.92. The molecule has 0 amide bonds. The molecular weight excluding hydrogens is 156 g/mol. The van der Waals surface area contributed by atoms with Crippen LogP contribution in [-0.2, 0) is 4.74 Å². The highest BCUT2D eigenvalue weighted by Crippen LogP contribution is 2.30. The van der Waals surface area contributed by atoms with Crippen molar-refractivity contribution in [3.63, 3.8) is 0 Å². The zero-order valence-electron chi connectivity index (χ0n) is 7.90. The van der Waals surface area contributed by atoms with Crippen LogP contribution in [0.5, 0.6) is 0 Å². The van der Waals surface area contributed by atoms with Crippen molar-refractivity contribution in [3.8, 4) is 0 Å². The van der Waals surface area contributed by atoms with Crippen LogP contribution in [0.4, 0.5) is 0 Å². The van der Waals surface area contributed by atoms with E-state index < -0.39 is 6.10 Å². The van der Waals surface area contributed by atoms with Crippen LogP contribution >= 0.6 is 0 Å². The number of hydrogen-bond donors (Lipinski definition) is 2. The molecule has 0 aromatic heterocycles. The zero-order chi connectivity index (χ0) is 9.30. The third-order valence-electron chi connectivity index (χ3n) is 2.61. The van der Waals surface area contributed by atoms with Gasteiger partial charge in [0.15, 0.2) is 0 Å². The lowest BCUT2D eigenvalue weighted by Gasteiger charge is -2.18. The Morgan fingerprint density at radius 3 is 2.25 bits per heavy atom. The Bertz CT molecular complexity index is 147. The minimum atomic E-state index is -0.512. The van der Waals surface area contributed by atoms with E-state index in [1.807, 2.05) is 6.92 Å². The van der Waals surface area contributed by atoms with Crippen LogP contribution in [0.2, 0.25) is 0 Å². The van der Waals surface area contributed by atoms with Gasteiger partial charge in [-0.15, -0.1) is 0 Å². The van der Waals surface area contributed by atoms with Crippen LogP contribution in [0.25, 0.3) is 0 Å². The molecule has 12 heavy (non-hydrogen) atoms. The molecule has 0 radical (unpaired) electrons. The Balaban J connectivity index is 2.60. The predicted octanol–water partition coefficient (Wildman–Crippen LogP) is 0.399. The van der Waals surface area contributed by atoms with Gasteiger partial charge in [0.1, 0.15) is 6.10 Å². The molecule has 1 aliphatic rings. The summed E-state index contributed by atoms with van der Waals surface area (Å²) in [6.45, 7) is 6.00. The van der Waals surface area contributed by atoms with Gasteiger partial charge < -0.3 is 14.9 Å². The molecular formula is C9H18O3. The quantitative estimate of drug-likeness (QED) is 0.637. The fourth-order valence-electron chi connectivity index (χ4n) is 1.85. The van der Waals surface area contributed by atoms with Crippen LogP contribution in [0.15, 0.2) is 0 Å². The summed E-state index contributed by atoms with van der Waals surface area (Å²) >= 11 is 0. The zero-order valence-corrected chi connectivity index (χ0v) is 7.90. The topological polar surface area (TPSA) is 49.7 Å².